The first-order valence-corrected chi connectivity index (χ1v) is 6.36. The van der Waals surface area contributed by atoms with Gasteiger partial charge in [-0.25, -0.2) is 0 Å². The second-order valence-electron chi connectivity index (χ2n) is 3.00. The van der Waals surface area contributed by atoms with Crippen molar-refractivity contribution in [2.24, 2.45) is 0 Å². The molecule has 0 saturated heterocycles. The normalized spacial score (nSPS) is 9.93. The van der Waals surface area contributed by atoms with E-state index in [9.17, 15) is 4.79 Å². The zero-order valence-corrected chi connectivity index (χ0v) is 10.5. The van der Waals surface area contributed by atoms with Crippen molar-refractivity contribution in [2.45, 2.75) is 6.92 Å². The molecule has 0 aliphatic carbocycles. The summed E-state index contributed by atoms with van der Waals surface area (Å²) >= 11 is 4.90. The van der Waals surface area contributed by atoms with Crippen LogP contribution >= 0.6 is 27.7 Å². The number of carbonyl (C=O) groups is 1. The molecule has 0 heterocycles. The van der Waals surface area contributed by atoms with Gasteiger partial charge in [0.05, 0.1) is 5.75 Å². The van der Waals surface area contributed by atoms with Gasteiger partial charge in [-0.3, -0.25) is 4.79 Å². The molecule has 0 atom stereocenters. The SMILES string of the molecule is CSCC(=O)Nc1cc(C)cc(Br)c1. The minimum Gasteiger partial charge on any atom is -0.325 e. The number of hydrogen-bond acceptors (Lipinski definition) is 2. The highest BCUT2D eigenvalue weighted by atomic mass is 79.9. The molecule has 0 radical (unpaired) electrons. The number of benzene rings is 1. The van der Waals surface area contributed by atoms with Crippen LogP contribution in [0, 0.1) is 6.92 Å². The molecule has 1 N–H and O–H groups in total. The van der Waals surface area contributed by atoms with E-state index in [2.05, 4.69) is 21.2 Å². The maximum absolute atomic E-state index is 11.3. The molecule has 0 unspecified atom stereocenters. The Hall–Kier alpha value is -0.480. The van der Waals surface area contributed by atoms with Crippen LogP contribution in [0.15, 0.2) is 22.7 Å². The van der Waals surface area contributed by atoms with Gasteiger partial charge in [0, 0.05) is 10.2 Å². The van der Waals surface area contributed by atoms with E-state index in [0.29, 0.717) is 5.75 Å². The average molecular weight is 274 g/mol. The quantitative estimate of drug-likeness (QED) is 0.917. The largest absolute Gasteiger partial charge is 0.325 e. The first-order valence-electron chi connectivity index (χ1n) is 4.18. The highest BCUT2D eigenvalue weighted by Crippen LogP contribution is 2.19. The standard InChI is InChI=1S/C10H12BrNOS/c1-7-3-8(11)5-9(4-7)12-10(13)6-14-2/h3-5H,6H2,1-2H3,(H,12,13). The van der Waals surface area contributed by atoms with Crippen LogP contribution in [0.3, 0.4) is 0 Å². The number of rotatable bonds is 3. The Bertz CT molecular complexity index is 321. The summed E-state index contributed by atoms with van der Waals surface area (Å²) in [5.41, 5.74) is 1.97. The smallest absolute Gasteiger partial charge is 0.234 e. The minimum atomic E-state index is 0.0370. The number of halogens is 1. The lowest BCUT2D eigenvalue weighted by Gasteiger charge is -2.05. The summed E-state index contributed by atoms with van der Waals surface area (Å²) in [6.45, 7) is 2.00. The van der Waals surface area contributed by atoms with Crippen molar-refractivity contribution in [1.82, 2.24) is 0 Å². The average Bonchev–Trinajstić information content (AvgIpc) is 2.01. The molecule has 4 heteroatoms. The maximum atomic E-state index is 11.3. The van der Waals surface area contributed by atoms with Crippen LogP contribution in [0.4, 0.5) is 5.69 Å². The van der Waals surface area contributed by atoms with E-state index in [0.717, 1.165) is 15.7 Å². The first kappa shape index (κ1) is 11.6. The molecule has 0 spiro atoms. The lowest BCUT2D eigenvalue weighted by molar-refractivity contribution is -0.113. The fourth-order valence-electron chi connectivity index (χ4n) is 1.14. The Morgan fingerprint density at radius 3 is 2.79 bits per heavy atom. The summed E-state index contributed by atoms with van der Waals surface area (Å²) in [6.07, 6.45) is 1.91. The van der Waals surface area contributed by atoms with Gasteiger partial charge in [-0.15, -0.1) is 0 Å². The molecule has 14 heavy (non-hydrogen) atoms. The summed E-state index contributed by atoms with van der Waals surface area (Å²) in [6, 6.07) is 5.85. The van der Waals surface area contributed by atoms with Crippen LogP contribution in [0.1, 0.15) is 5.56 Å². The number of aryl methyl sites for hydroxylation is 1. The molecule has 0 aliphatic heterocycles. The molecule has 2 nitrogen and oxygen atoms in total. The number of thioether (sulfide) groups is 1. The van der Waals surface area contributed by atoms with Gasteiger partial charge in [-0.2, -0.15) is 11.8 Å². The van der Waals surface area contributed by atoms with E-state index < -0.39 is 0 Å². The van der Waals surface area contributed by atoms with Crippen molar-refractivity contribution in [1.29, 1.82) is 0 Å². The van der Waals surface area contributed by atoms with Gasteiger partial charge in [-0.1, -0.05) is 15.9 Å². The third-order valence-corrected chi connectivity index (χ3v) is 2.61. The monoisotopic (exact) mass is 273 g/mol. The van der Waals surface area contributed by atoms with Gasteiger partial charge in [-0.05, 0) is 36.9 Å². The summed E-state index contributed by atoms with van der Waals surface area (Å²) in [7, 11) is 0. The molecule has 1 aromatic rings. The summed E-state index contributed by atoms with van der Waals surface area (Å²) < 4.78 is 0.983. The molecule has 1 rings (SSSR count). The van der Waals surface area contributed by atoms with Crippen molar-refractivity contribution in [3.8, 4) is 0 Å². The number of nitrogens with one attached hydrogen (secondary N) is 1. The highest BCUT2D eigenvalue weighted by molar-refractivity contribution is 9.10. The molecule has 0 bridgehead atoms. The van der Waals surface area contributed by atoms with E-state index in [1.165, 1.54) is 11.8 Å². The van der Waals surface area contributed by atoms with Crippen molar-refractivity contribution in [3.05, 3.63) is 28.2 Å². The van der Waals surface area contributed by atoms with Crippen molar-refractivity contribution >= 4 is 39.3 Å². The lowest BCUT2D eigenvalue weighted by Crippen LogP contribution is -2.13. The third kappa shape index (κ3) is 3.72. The Balaban J connectivity index is 2.71. The van der Waals surface area contributed by atoms with Gasteiger partial charge in [0.25, 0.3) is 0 Å². The molecular weight excluding hydrogens is 262 g/mol. The molecule has 0 aromatic heterocycles. The number of anilines is 1. The Labute approximate surface area is 96.6 Å². The van der Waals surface area contributed by atoms with Crippen LogP contribution in [0.2, 0.25) is 0 Å². The van der Waals surface area contributed by atoms with Gasteiger partial charge in [0.2, 0.25) is 5.91 Å². The number of amides is 1. The van der Waals surface area contributed by atoms with Crippen LogP contribution in [0.5, 0.6) is 0 Å². The zero-order valence-electron chi connectivity index (χ0n) is 8.13. The summed E-state index contributed by atoms with van der Waals surface area (Å²) in [4.78, 5) is 11.3. The third-order valence-electron chi connectivity index (χ3n) is 1.60. The Morgan fingerprint density at radius 2 is 2.21 bits per heavy atom. The van der Waals surface area contributed by atoms with Gasteiger partial charge < -0.3 is 5.32 Å². The molecule has 0 fully saturated rings. The molecule has 0 saturated carbocycles. The molecule has 1 amide bonds. The number of hydrogen-bond donors (Lipinski definition) is 1. The van der Waals surface area contributed by atoms with Crippen molar-refractivity contribution < 1.29 is 4.79 Å². The van der Waals surface area contributed by atoms with Crippen molar-refractivity contribution in [2.75, 3.05) is 17.3 Å². The van der Waals surface area contributed by atoms with Gasteiger partial charge in [0.1, 0.15) is 0 Å². The second kappa shape index (κ2) is 5.41. The van der Waals surface area contributed by atoms with Crippen LogP contribution in [-0.2, 0) is 4.79 Å². The van der Waals surface area contributed by atoms with E-state index in [4.69, 9.17) is 0 Å². The van der Waals surface area contributed by atoms with E-state index in [1.54, 1.807) is 0 Å². The van der Waals surface area contributed by atoms with Crippen LogP contribution in [0.25, 0.3) is 0 Å². The molecule has 0 aliphatic rings. The number of carbonyl (C=O) groups excluding carboxylic acids is 1. The Morgan fingerprint density at radius 1 is 1.50 bits per heavy atom. The molecular formula is C10H12BrNOS. The fourth-order valence-corrected chi connectivity index (χ4v) is 2.08. The van der Waals surface area contributed by atoms with E-state index in [1.807, 2.05) is 31.4 Å². The topological polar surface area (TPSA) is 29.1 Å². The molecule has 76 valence electrons. The van der Waals surface area contributed by atoms with Crippen LogP contribution < -0.4 is 5.32 Å². The van der Waals surface area contributed by atoms with Gasteiger partial charge in [0.15, 0.2) is 0 Å². The van der Waals surface area contributed by atoms with E-state index in [-0.39, 0.29) is 5.91 Å². The maximum Gasteiger partial charge on any atom is 0.234 e. The van der Waals surface area contributed by atoms with Crippen LogP contribution in [-0.4, -0.2) is 17.9 Å². The van der Waals surface area contributed by atoms with Crippen molar-refractivity contribution in [3.63, 3.8) is 0 Å². The predicted octanol–water partition coefficient (Wildman–Crippen LogP) is 3.06. The predicted molar refractivity (Wildman–Crippen MR) is 65.9 cm³/mol. The Kier molecular flexibility index (Phi) is 4.48. The highest BCUT2D eigenvalue weighted by Gasteiger charge is 2.01. The first-order chi connectivity index (χ1) is 6.61. The minimum absolute atomic E-state index is 0.0370. The summed E-state index contributed by atoms with van der Waals surface area (Å²) in [5.74, 6) is 0.529. The molecule has 1 aromatic carbocycles. The zero-order chi connectivity index (χ0) is 10.6. The summed E-state index contributed by atoms with van der Waals surface area (Å²) in [5, 5.41) is 2.83. The second-order valence-corrected chi connectivity index (χ2v) is 4.78. The van der Waals surface area contributed by atoms with E-state index >= 15 is 0 Å². The fraction of sp³-hybridized carbons (Fsp3) is 0.300. The van der Waals surface area contributed by atoms with Gasteiger partial charge >= 0.3 is 0 Å². The lowest BCUT2D eigenvalue weighted by atomic mass is 10.2.